The van der Waals surface area contributed by atoms with Gasteiger partial charge in [0.25, 0.3) is 0 Å². The molecule has 4 nitrogen and oxygen atoms in total. The first kappa shape index (κ1) is 17.1. The van der Waals surface area contributed by atoms with Gasteiger partial charge in [0.2, 0.25) is 0 Å². The molecule has 104 valence electrons. The first-order valence-electron chi connectivity index (χ1n) is 6.72. The third-order valence-electron chi connectivity index (χ3n) is 2.32. The second-order valence-corrected chi connectivity index (χ2v) is 5.55. The van der Waals surface area contributed by atoms with Crippen LogP contribution in [0.5, 0.6) is 0 Å². The van der Waals surface area contributed by atoms with E-state index in [1.807, 2.05) is 0 Å². The average molecular weight is 266 g/mol. The molecule has 0 heterocycles. The summed E-state index contributed by atoms with van der Waals surface area (Å²) in [5.74, 6) is 0. The molecular weight excluding hydrogens is 239 g/mol. The highest BCUT2D eigenvalue weighted by molar-refractivity contribution is 7.48. The minimum atomic E-state index is -3.28. The van der Waals surface area contributed by atoms with Gasteiger partial charge < -0.3 is 0 Å². The molecule has 0 aromatic rings. The lowest BCUT2D eigenvalue weighted by molar-refractivity contribution is 0.120. The summed E-state index contributed by atoms with van der Waals surface area (Å²) in [6, 6.07) is 0. The second-order valence-electron chi connectivity index (χ2n) is 3.88. The van der Waals surface area contributed by atoms with Crippen molar-refractivity contribution in [2.24, 2.45) is 0 Å². The minimum absolute atomic E-state index is 0.341. The molecule has 0 unspecified atom stereocenters. The molecule has 0 saturated heterocycles. The number of phosphoric acid groups is 1. The van der Waals surface area contributed by atoms with Crippen molar-refractivity contribution in [3.8, 4) is 0 Å². The molecule has 0 radical (unpaired) electrons. The Morgan fingerprint density at radius 2 is 1.29 bits per heavy atom. The van der Waals surface area contributed by atoms with Gasteiger partial charge in [-0.1, -0.05) is 39.0 Å². The van der Waals surface area contributed by atoms with Crippen LogP contribution in [-0.4, -0.2) is 19.8 Å². The topological polar surface area (TPSA) is 44.8 Å². The average Bonchev–Trinajstić information content (AvgIpc) is 2.28. The third-order valence-corrected chi connectivity index (χ3v) is 3.97. The van der Waals surface area contributed by atoms with Gasteiger partial charge in [0.05, 0.1) is 19.8 Å². The van der Waals surface area contributed by atoms with Crippen LogP contribution in [-0.2, 0) is 18.1 Å². The quantitative estimate of drug-likeness (QED) is 0.384. The third kappa shape index (κ3) is 9.78. The molecule has 0 aliphatic rings. The van der Waals surface area contributed by atoms with Crippen LogP contribution < -0.4 is 0 Å². The van der Waals surface area contributed by atoms with E-state index in [9.17, 15) is 4.57 Å². The van der Waals surface area contributed by atoms with E-state index in [4.69, 9.17) is 13.6 Å². The molecule has 0 aliphatic carbocycles. The Morgan fingerprint density at radius 1 is 0.765 bits per heavy atom. The largest absolute Gasteiger partial charge is 0.474 e. The molecule has 0 atom stereocenters. The van der Waals surface area contributed by atoms with Crippen LogP contribution in [0.15, 0.2) is 0 Å². The van der Waals surface area contributed by atoms with Crippen LogP contribution in [0, 0.1) is 0 Å². The molecule has 0 saturated carbocycles. The molecule has 5 heteroatoms. The highest BCUT2D eigenvalue weighted by Crippen LogP contribution is 2.49. The molecule has 0 spiro atoms. The smallest absolute Gasteiger partial charge is 0.287 e. The van der Waals surface area contributed by atoms with Gasteiger partial charge in [-0.25, -0.2) is 4.57 Å². The Labute approximate surface area is 106 Å². The van der Waals surface area contributed by atoms with Crippen LogP contribution in [0.2, 0.25) is 0 Å². The summed E-state index contributed by atoms with van der Waals surface area (Å²) in [4.78, 5) is 0. The number of phosphoric ester groups is 1. The van der Waals surface area contributed by atoms with Gasteiger partial charge in [0.1, 0.15) is 0 Å². The van der Waals surface area contributed by atoms with Crippen molar-refractivity contribution in [2.75, 3.05) is 19.8 Å². The van der Waals surface area contributed by atoms with Gasteiger partial charge in [-0.3, -0.25) is 13.6 Å². The van der Waals surface area contributed by atoms with Gasteiger partial charge in [0, 0.05) is 0 Å². The van der Waals surface area contributed by atoms with Crippen LogP contribution in [0.1, 0.15) is 59.3 Å². The first-order chi connectivity index (χ1) is 8.18. The van der Waals surface area contributed by atoms with Crippen molar-refractivity contribution >= 4 is 7.82 Å². The number of hydrogen-bond donors (Lipinski definition) is 0. The Morgan fingerprint density at radius 3 is 1.82 bits per heavy atom. The summed E-state index contributed by atoms with van der Waals surface area (Å²) >= 11 is 0. The van der Waals surface area contributed by atoms with E-state index < -0.39 is 7.82 Å². The predicted molar refractivity (Wildman–Crippen MR) is 70.2 cm³/mol. The summed E-state index contributed by atoms with van der Waals surface area (Å²) in [5, 5.41) is 0. The normalized spacial score (nSPS) is 11.9. The van der Waals surface area contributed by atoms with E-state index in [1.54, 1.807) is 13.8 Å². The van der Waals surface area contributed by atoms with Crippen molar-refractivity contribution < 1.29 is 18.1 Å². The van der Waals surface area contributed by atoms with E-state index in [-0.39, 0.29) is 0 Å². The van der Waals surface area contributed by atoms with E-state index in [0.29, 0.717) is 19.8 Å². The maximum Gasteiger partial charge on any atom is 0.474 e. The summed E-state index contributed by atoms with van der Waals surface area (Å²) in [7, 11) is -3.28. The zero-order valence-electron chi connectivity index (χ0n) is 11.4. The van der Waals surface area contributed by atoms with Crippen LogP contribution in [0.25, 0.3) is 0 Å². The van der Waals surface area contributed by atoms with E-state index in [0.717, 1.165) is 12.8 Å². The van der Waals surface area contributed by atoms with Crippen molar-refractivity contribution in [3.63, 3.8) is 0 Å². The molecule has 0 bridgehead atoms. The Balaban J connectivity index is 3.58. The molecule has 0 fully saturated rings. The summed E-state index contributed by atoms with van der Waals surface area (Å²) in [5.41, 5.74) is 0. The Bertz CT molecular complexity index is 199. The summed E-state index contributed by atoms with van der Waals surface area (Å²) < 4.78 is 27.2. The lowest BCUT2D eigenvalue weighted by Gasteiger charge is -2.16. The molecule has 0 N–H and O–H groups in total. The van der Waals surface area contributed by atoms with Gasteiger partial charge in [-0.15, -0.1) is 0 Å². The van der Waals surface area contributed by atoms with Crippen molar-refractivity contribution in [3.05, 3.63) is 0 Å². The van der Waals surface area contributed by atoms with Crippen molar-refractivity contribution in [1.29, 1.82) is 0 Å². The van der Waals surface area contributed by atoms with Gasteiger partial charge >= 0.3 is 7.82 Å². The molecule has 0 rings (SSSR count). The van der Waals surface area contributed by atoms with E-state index in [2.05, 4.69) is 6.92 Å². The lowest BCUT2D eigenvalue weighted by atomic mass is 10.1. The molecule has 17 heavy (non-hydrogen) atoms. The van der Waals surface area contributed by atoms with Gasteiger partial charge in [-0.05, 0) is 20.3 Å². The monoisotopic (exact) mass is 266 g/mol. The van der Waals surface area contributed by atoms with Crippen molar-refractivity contribution in [1.82, 2.24) is 0 Å². The maximum atomic E-state index is 11.9. The van der Waals surface area contributed by atoms with Crippen LogP contribution in [0.3, 0.4) is 0 Å². The number of unbranched alkanes of at least 4 members (excludes halogenated alkanes) is 5. The fraction of sp³-hybridized carbons (Fsp3) is 1.00. The fourth-order valence-electron chi connectivity index (χ4n) is 1.49. The van der Waals surface area contributed by atoms with E-state index >= 15 is 0 Å². The highest BCUT2D eigenvalue weighted by atomic mass is 31.2. The second kappa shape index (κ2) is 11.2. The molecule has 0 aromatic heterocycles. The van der Waals surface area contributed by atoms with Crippen LogP contribution >= 0.6 is 7.82 Å². The zero-order valence-corrected chi connectivity index (χ0v) is 12.3. The standard InChI is InChI=1S/C12H27O4P/c1-4-7-8-9-10-11-12-16-17(13,14-5-2)15-6-3/h4-12H2,1-3H3. The molecule has 0 amide bonds. The minimum Gasteiger partial charge on any atom is -0.287 e. The Hall–Kier alpha value is 0.110. The fourth-order valence-corrected chi connectivity index (χ4v) is 2.70. The van der Waals surface area contributed by atoms with Crippen molar-refractivity contribution in [2.45, 2.75) is 59.3 Å². The highest BCUT2D eigenvalue weighted by Gasteiger charge is 2.24. The van der Waals surface area contributed by atoms with Crippen LogP contribution in [0.4, 0.5) is 0 Å². The number of rotatable bonds is 12. The predicted octanol–water partition coefficient (Wildman–Crippen LogP) is 4.54. The van der Waals surface area contributed by atoms with E-state index in [1.165, 1.54) is 25.7 Å². The summed E-state index contributed by atoms with van der Waals surface area (Å²) in [6.45, 7) is 6.88. The SMILES string of the molecule is CCCCCCCCOP(=O)(OCC)OCC. The molecular formula is C12H27O4P. The molecule has 0 aromatic carbocycles. The Kier molecular flexibility index (Phi) is 11.3. The summed E-state index contributed by atoms with van der Waals surface area (Å²) in [6.07, 6.45) is 7.04. The first-order valence-corrected chi connectivity index (χ1v) is 8.18. The number of hydrogen-bond acceptors (Lipinski definition) is 4. The molecule has 0 aliphatic heterocycles. The zero-order chi connectivity index (χ0) is 13.0. The van der Waals surface area contributed by atoms with Gasteiger partial charge in [0.15, 0.2) is 0 Å². The maximum absolute atomic E-state index is 11.9. The van der Waals surface area contributed by atoms with Gasteiger partial charge in [-0.2, -0.15) is 0 Å². The lowest BCUT2D eigenvalue weighted by Crippen LogP contribution is -2.01.